The summed E-state index contributed by atoms with van der Waals surface area (Å²) in [5.74, 6) is -5.34. The number of methoxy groups -OCH3 is 2. The molecule has 0 fully saturated rings. The summed E-state index contributed by atoms with van der Waals surface area (Å²) in [7, 11) is 2.84. The molecule has 0 saturated heterocycles. The van der Waals surface area contributed by atoms with E-state index < -0.39 is 35.7 Å². The van der Waals surface area contributed by atoms with Crippen LogP contribution in [0.2, 0.25) is 0 Å². The normalized spacial score (nSPS) is 12.5. The first-order chi connectivity index (χ1) is 45.6. The van der Waals surface area contributed by atoms with E-state index in [1.807, 2.05) is 64.1 Å². The van der Waals surface area contributed by atoms with Crippen molar-refractivity contribution in [3.63, 3.8) is 0 Å². The molecular weight excluding hydrogens is 1420 g/mol. The Kier molecular flexibility index (Phi) is 26.9. The van der Waals surface area contributed by atoms with E-state index in [9.17, 15) is 49.2 Å². The maximum atomic E-state index is 11.4. The number of nitrogens with one attached hydrogen (secondary N) is 4. The van der Waals surface area contributed by atoms with Gasteiger partial charge in [0.15, 0.2) is 0 Å². The summed E-state index contributed by atoms with van der Waals surface area (Å²) in [4.78, 5) is 99.4. The minimum Gasteiger partial charge on any atom is -0.550 e. The van der Waals surface area contributed by atoms with E-state index in [0.717, 1.165) is 182 Å². The molecule has 0 atom stereocenters. The molecule has 10 heterocycles. The largest absolute Gasteiger partial charge is 4.00 e. The molecule has 0 spiro atoms. The van der Waals surface area contributed by atoms with Crippen molar-refractivity contribution in [2.45, 2.75) is 160 Å². The fourth-order valence-electron chi connectivity index (χ4n) is 12.7. The van der Waals surface area contributed by atoms with E-state index in [1.54, 1.807) is 0 Å². The number of aliphatic carboxylic acids is 4. The quantitative estimate of drug-likeness (QED) is 0.0419. The van der Waals surface area contributed by atoms with Crippen LogP contribution >= 0.6 is 0 Å². The number of nitrogens with zero attached hydrogens (tertiary/aromatic N) is 4. The molecule has 6 aromatic heterocycles. The number of amides is 2. The number of carboxylic acid groups (broad SMARTS) is 4. The van der Waals surface area contributed by atoms with Crippen molar-refractivity contribution in [1.82, 2.24) is 39.9 Å². The number of nitrogens with two attached hydrogens (primary N) is 2. The Morgan fingerprint density at radius 1 is 0.351 bits per heavy atom. The predicted molar refractivity (Wildman–Crippen MR) is 368 cm³/mol. The standard InChI is InChI=1S/2C34H38N4O4.2C3H7NO2.Pt/c2*1-7-21-17(3)25-13-26-19(5)23(9-11-33(39)40)31(37-26)16-32-24(10-12-34(41)42)20(6)28(38-32)15-30-22(8-2)18(4)27(36-30)14-29(21)35-25;2*1-6-2-3(4)5;/h2*13-16,35,38H,7-12H2,1-6H3,(H,39,40)(H,41,42);2*2H2,1H3,(H2,4,5);/q;;;;+4/p-4. The van der Waals surface area contributed by atoms with Gasteiger partial charge in [0.25, 0.3) is 0 Å². The Morgan fingerprint density at radius 3 is 0.825 bits per heavy atom. The molecular formula is C74H86N10O12Pt. The molecule has 0 aliphatic carbocycles. The number of allylic oxidation sites excluding steroid dienone is 8. The molecule has 8 N–H and O–H groups in total. The van der Waals surface area contributed by atoms with Crippen LogP contribution < -0.4 is 31.9 Å². The Morgan fingerprint density at radius 2 is 0.577 bits per heavy atom. The van der Waals surface area contributed by atoms with Gasteiger partial charge in [-0.2, -0.15) is 0 Å². The van der Waals surface area contributed by atoms with Crippen LogP contribution in [0.4, 0.5) is 0 Å². The van der Waals surface area contributed by atoms with Gasteiger partial charge >= 0.3 is 21.1 Å². The third-order valence-corrected chi connectivity index (χ3v) is 17.9. The number of carboxylic acids is 4. The summed E-state index contributed by atoms with van der Waals surface area (Å²) < 4.78 is 8.66. The summed E-state index contributed by atoms with van der Waals surface area (Å²) >= 11 is 0. The zero-order valence-electron chi connectivity index (χ0n) is 57.7. The van der Waals surface area contributed by atoms with Crippen LogP contribution in [0.25, 0.3) is 88.7 Å². The third-order valence-electron chi connectivity index (χ3n) is 17.9. The summed E-state index contributed by atoms with van der Waals surface area (Å²) in [6.45, 7) is 24.8. The Labute approximate surface area is 578 Å². The molecule has 0 radical (unpaired) electrons. The smallest absolute Gasteiger partial charge is 0.550 e. The maximum absolute atomic E-state index is 11.4. The van der Waals surface area contributed by atoms with Gasteiger partial charge < -0.3 is 80.5 Å². The zero-order chi connectivity index (χ0) is 70.6. The summed E-state index contributed by atoms with van der Waals surface area (Å²) in [5.41, 5.74) is 39.1. The molecule has 22 nitrogen and oxygen atoms in total. The number of carbonyl (C=O) groups excluding carboxylic acids is 6. The van der Waals surface area contributed by atoms with Gasteiger partial charge in [-0.05, 0) is 270 Å². The van der Waals surface area contributed by atoms with Crippen LogP contribution in [0, 0.1) is 27.7 Å². The number of primary amides is 2. The van der Waals surface area contributed by atoms with E-state index in [4.69, 9.17) is 19.9 Å². The Hall–Kier alpha value is -9.37. The number of rotatable bonds is 20. The average molecular weight is 1500 g/mol. The first-order valence-electron chi connectivity index (χ1n) is 32.2. The number of aryl methyl sites for hydroxylation is 8. The van der Waals surface area contributed by atoms with E-state index >= 15 is 0 Å². The number of aromatic amines is 4. The van der Waals surface area contributed by atoms with Gasteiger partial charge in [-0.15, -0.1) is 0 Å². The van der Waals surface area contributed by atoms with E-state index in [1.165, 1.54) is 25.3 Å². The fourth-order valence-corrected chi connectivity index (χ4v) is 12.7. The molecule has 97 heavy (non-hydrogen) atoms. The van der Waals surface area contributed by atoms with Crippen molar-refractivity contribution in [1.29, 1.82) is 0 Å². The van der Waals surface area contributed by atoms with Gasteiger partial charge in [0.1, 0.15) is 13.2 Å². The third kappa shape index (κ3) is 18.2. The predicted octanol–water partition coefficient (Wildman–Crippen LogP) is 8.19. The molecule has 0 unspecified atom stereocenters. The molecule has 23 heteroatoms. The molecule has 2 amide bonds. The average Bonchev–Trinajstić information content (AvgIpc) is 1.63. The van der Waals surface area contributed by atoms with Gasteiger partial charge in [0.05, 0.1) is 45.6 Å². The van der Waals surface area contributed by atoms with Gasteiger partial charge in [-0.3, -0.25) is 9.59 Å². The first-order valence-corrected chi connectivity index (χ1v) is 32.2. The number of fused-ring (bicyclic) bond motifs is 16. The second kappa shape index (κ2) is 34.0. The van der Waals surface area contributed by atoms with Crippen molar-refractivity contribution < 1.29 is 79.7 Å². The van der Waals surface area contributed by atoms with Crippen LogP contribution in [-0.2, 0) is 85.0 Å². The molecule has 16 bridgehead atoms. The second-order valence-electron chi connectivity index (χ2n) is 24.0. The van der Waals surface area contributed by atoms with Crippen LogP contribution in [0.3, 0.4) is 0 Å². The van der Waals surface area contributed by atoms with Crippen LogP contribution in [0.15, 0.2) is 48.5 Å². The van der Waals surface area contributed by atoms with Gasteiger partial charge in [0.2, 0.25) is 11.8 Å². The molecule has 4 aliphatic rings. The molecule has 6 aromatic rings. The monoisotopic (exact) mass is 1500 g/mol. The summed E-state index contributed by atoms with van der Waals surface area (Å²) in [6.07, 6.45) is 3.96. The SMILES string of the molecule is CCC1=C(C)c2cc3[nH]c(cc4nc(cc5[nH]c(cc1n2)c(C)c5CCC(=O)[O-])C(CCC(=O)[O-])=C4C)c(C)c3CC.CCC1=C(C)c2cc3[nH]c(cc4nc(cc5[nH]c(cc1n2)c(C)c5CCC(=O)[O-])C(CCC(=O)[O-])=C4C)c(C)c3CC.COCC(N)=O.COCC(N)=O.[Pt+4]. The van der Waals surface area contributed by atoms with Crippen molar-refractivity contribution in [2.24, 2.45) is 11.5 Å². The second-order valence-corrected chi connectivity index (χ2v) is 24.0. The van der Waals surface area contributed by atoms with Crippen molar-refractivity contribution >= 4 is 124 Å². The molecule has 0 saturated carbocycles. The fraction of sp³-hybridized carbons (Fsp3) is 0.378. The number of H-pyrrole nitrogens is 4. The number of carbonyl (C=O) groups is 6. The van der Waals surface area contributed by atoms with Crippen molar-refractivity contribution in [3.05, 3.63) is 139 Å². The number of hydrogen-bond acceptors (Lipinski definition) is 16. The van der Waals surface area contributed by atoms with E-state index in [2.05, 4.69) is 108 Å². The number of ether oxygens (including phenoxy) is 2. The minimum atomic E-state index is -1.12. The Bertz CT molecular complexity index is 4290. The van der Waals surface area contributed by atoms with E-state index in [-0.39, 0.29) is 85.6 Å². The van der Waals surface area contributed by atoms with E-state index in [0.29, 0.717) is 11.4 Å². The van der Waals surface area contributed by atoms with Crippen LogP contribution in [0.5, 0.6) is 0 Å². The Balaban J connectivity index is 0.000000260. The molecule has 514 valence electrons. The zero-order valence-corrected chi connectivity index (χ0v) is 59.9. The first kappa shape index (κ1) is 76.6. The summed E-state index contributed by atoms with van der Waals surface area (Å²) in [5, 5.41) is 45.7. The number of hydrogen-bond donors (Lipinski definition) is 6. The van der Waals surface area contributed by atoms with Crippen LogP contribution in [0.1, 0.15) is 197 Å². The maximum Gasteiger partial charge on any atom is 4.00 e. The molecule has 0 aromatic carbocycles. The molecule has 4 aliphatic heterocycles. The van der Waals surface area contributed by atoms with Gasteiger partial charge in [-0.1, -0.05) is 27.7 Å². The minimum absolute atomic E-state index is 0. The van der Waals surface area contributed by atoms with Crippen LogP contribution in [-0.4, -0.2) is 103 Å². The van der Waals surface area contributed by atoms with Gasteiger partial charge in [0, 0.05) is 82.2 Å². The molecule has 10 rings (SSSR count). The topological polar surface area (TPSA) is 380 Å². The summed E-state index contributed by atoms with van der Waals surface area (Å²) in [6, 6.07) is 16.2. The van der Waals surface area contributed by atoms with Crippen molar-refractivity contribution in [3.8, 4) is 0 Å². The number of aromatic nitrogens is 8. The van der Waals surface area contributed by atoms with Gasteiger partial charge in [-0.25, -0.2) is 19.9 Å². The van der Waals surface area contributed by atoms with Crippen molar-refractivity contribution in [2.75, 3.05) is 27.4 Å².